The summed E-state index contributed by atoms with van der Waals surface area (Å²) < 4.78 is 0. The third-order valence-electron chi connectivity index (χ3n) is 3.43. The zero-order valence-corrected chi connectivity index (χ0v) is 12.9. The van der Waals surface area contributed by atoms with Gasteiger partial charge < -0.3 is 11.1 Å². The van der Waals surface area contributed by atoms with Crippen molar-refractivity contribution in [1.82, 2.24) is 5.32 Å². The molecule has 3 N–H and O–H groups in total. The molecule has 0 aliphatic rings. The maximum atomic E-state index is 12.2. The second-order valence-electron chi connectivity index (χ2n) is 4.99. The van der Waals surface area contributed by atoms with Gasteiger partial charge >= 0.3 is 0 Å². The van der Waals surface area contributed by atoms with Crippen LogP contribution in [0.2, 0.25) is 0 Å². The van der Waals surface area contributed by atoms with Gasteiger partial charge in [0.25, 0.3) is 5.91 Å². The van der Waals surface area contributed by atoms with Gasteiger partial charge in [-0.3, -0.25) is 4.79 Å². The number of carbonyl (C=O) groups is 1. The highest BCUT2D eigenvalue weighted by Crippen LogP contribution is 2.17. The Labute approximate surface area is 130 Å². The third kappa shape index (κ3) is 3.67. The van der Waals surface area contributed by atoms with Gasteiger partial charge in [0.1, 0.15) is 4.99 Å². The van der Waals surface area contributed by atoms with Gasteiger partial charge in [0, 0.05) is 11.1 Å². The first-order valence-corrected chi connectivity index (χ1v) is 7.16. The van der Waals surface area contributed by atoms with Crippen LogP contribution in [0.5, 0.6) is 0 Å². The average Bonchev–Trinajstić information content (AvgIpc) is 2.47. The van der Waals surface area contributed by atoms with Crippen molar-refractivity contribution in [2.75, 3.05) is 0 Å². The number of carbonyl (C=O) groups excluding carboxylic acids is 1. The molecular formula is C17H18N2OS. The van der Waals surface area contributed by atoms with Crippen molar-refractivity contribution >= 4 is 23.1 Å². The smallest absolute Gasteiger partial charge is 0.251 e. The number of nitrogens with one attached hydrogen (secondary N) is 1. The van der Waals surface area contributed by atoms with E-state index in [0.717, 1.165) is 16.7 Å². The van der Waals surface area contributed by atoms with Crippen LogP contribution in [-0.4, -0.2) is 10.9 Å². The molecule has 21 heavy (non-hydrogen) atoms. The molecule has 0 aliphatic carbocycles. The fraction of sp³-hybridized carbons (Fsp3) is 0.176. The Hall–Kier alpha value is -2.20. The molecule has 0 saturated heterocycles. The number of hydrogen-bond acceptors (Lipinski definition) is 2. The Morgan fingerprint density at radius 3 is 2.24 bits per heavy atom. The second kappa shape index (κ2) is 6.50. The van der Waals surface area contributed by atoms with E-state index >= 15 is 0 Å². The maximum absolute atomic E-state index is 12.2. The van der Waals surface area contributed by atoms with Crippen molar-refractivity contribution in [2.45, 2.75) is 19.9 Å². The van der Waals surface area contributed by atoms with Gasteiger partial charge in [0.2, 0.25) is 0 Å². The summed E-state index contributed by atoms with van der Waals surface area (Å²) in [5.41, 5.74) is 9.17. The number of aryl methyl sites for hydroxylation is 1. The lowest BCUT2D eigenvalue weighted by molar-refractivity contribution is 0.0940. The predicted octanol–water partition coefficient (Wildman–Crippen LogP) is 3.12. The Kier molecular flexibility index (Phi) is 4.70. The molecule has 0 radical (unpaired) electrons. The molecule has 3 nitrogen and oxygen atoms in total. The molecule has 0 aliphatic heterocycles. The molecule has 1 unspecified atom stereocenters. The number of benzene rings is 2. The number of rotatable bonds is 4. The van der Waals surface area contributed by atoms with Crippen molar-refractivity contribution in [3.63, 3.8) is 0 Å². The Balaban J connectivity index is 2.11. The molecule has 2 aromatic rings. The van der Waals surface area contributed by atoms with E-state index in [2.05, 4.69) is 5.32 Å². The monoisotopic (exact) mass is 298 g/mol. The molecule has 0 heterocycles. The Morgan fingerprint density at radius 2 is 1.67 bits per heavy atom. The van der Waals surface area contributed by atoms with E-state index in [9.17, 15) is 4.79 Å². The number of hydrogen-bond donors (Lipinski definition) is 2. The summed E-state index contributed by atoms with van der Waals surface area (Å²) in [6.07, 6.45) is 0. The van der Waals surface area contributed by atoms with Crippen LogP contribution in [0.15, 0.2) is 48.5 Å². The fourth-order valence-corrected chi connectivity index (χ4v) is 2.35. The highest BCUT2D eigenvalue weighted by atomic mass is 32.1. The Bertz CT molecular complexity index is 665. The Morgan fingerprint density at radius 1 is 1.10 bits per heavy atom. The third-order valence-corrected chi connectivity index (χ3v) is 3.67. The molecule has 0 aromatic heterocycles. The van der Waals surface area contributed by atoms with E-state index in [-0.39, 0.29) is 11.9 Å². The summed E-state index contributed by atoms with van der Waals surface area (Å²) in [5, 5.41) is 3.00. The van der Waals surface area contributed by atoms with E-state index in [0.29, 0.717) is 10.6 Å². The zero-order valence-electron chi connectivity index (χ0n) is 12.1. The summed E-state index contributed by atoms with van der Waals surface area (Å²) in [4.78, 5) is 12.6. The summed E-state index contributed by atoms with van der Waals surface area (Å²) in [7, 11) is 0. The predicted molar refractivity (Wildman–Crippen MR) is 89.4 cm³/mol. The minimum Gasteiger partial charge on any atom is -0.389 e. The van der Waals surface area contributed by atoms with Crippen LogP contribution < -0.4 is 11.1 Å². The van der Waals surface area contributed by atoms with Gasteiger partial charge in [-0.15, -0.1) is 0 Å². The highest BCUT2D eigenvalue weighted by molar-refractivity contribution is 7.80. The molecule has 2 rings (SSSR count). The lowest BCUT2D eigenvalue weighted by Crippen LogP contribution is -2.27. The molecule has 0 bridgehead atoms. The van der Waals surface area contributed by atoms with Crippen LogP contribution in [0.3, 0.4) is 0 Å². The SMILES string of the molecule is Cc1ccccc1C(C)NC(=O)c1ccc(C(N)=S)cc1. The largest absolute Gasteiger partial charge is 0.389 e. The van der Waals surface area contributed by atoms with Crippen molar-refractivity contribution in [3.8, 4) is 0 Å². The van der Waals surface area contributed by atoms with Crippen LogP contribution in [0, 0.1) is 6.92 Å². The average molecular weight is 298 g/mol. The van der Waals surface area contributed by atoms with Gasteiger partial charge in [-0.05, 0) is 37.1 Å². The van der Waals surface area contributed by atoms with E-state index in [1.807, 2.05) is 38.1 Å². The van der Waals surface area contributed by atoms with E-state index in [1.54, 1.807) is 24.3 Å². The molecule has 0 saturated carbocycles. The van der Waals surface area contributed by atoms with Crippen LogP contribution >= 0.6 is 12.2 Å². The maximum Gasteiger partial charge on any atom is 0.251 e. The minimum atomic E-state index is -0.111. The van der Waals surface area contributed by atoms with Gasteiger partial charge in [0.15, 0.2) is 0 Å². The zero-order chi connectivity index (χ0) is 15.4. The quantitative estimate of drug-likeness (QED) is 0.853. The second-order valence-corrected chi connectivity index (χ2v) is 5.43. The highest BCUT2D eigenvalue weighted by Gasteiger charge is 2.12. The fourth-order valence-electron chi connectivity index (χ4n) is 2.22. The molecule has 0 spiro atoms. The first kappa shape index (κ1) is 15.2. The summed E-state index contributed by atoms with van der Waals surface area (Å²) in [5.74, 6) is -0.111. The lowest BCUT2D eigenvalue weighted by Gasteiger charge is -2.16. The van der Waals surface area contributed by atoms with Gasteiger partial charge in [-0.25, -0.2) is 0 Å². The lowest BCUT2D eigenvalue weighted by atomic mass is 10.0. The van der Waals surface area contributed by atoms with E-state index < -0.39 is 0 Å². The molecule has 1 amide bonds. The van der Waals surface area contributed by atoms with Crippen LogP contribution in [-0.2, 0) is 0 Å². The van der Waals surface area contributed by atoms with E-state index in [1.165, 1.54) is 0 Å². The molecule has 108 valence electrons. The van der Waals surface area contributed by atoms with Gasteiger partial charge in [-0.1, -0.05) is 48.6 Å². The van der Waals surface area contributed by atoms with Crippen LogP contribution in [0.4, 0.5) is 0 Å². The molecular weight excluding hydrogens is 280 g/mol. The topological polar surface area (TPSA) is 55.1 Å². The van der Waals surface area contributed by atoms with Crippen LogP contribution in [0.25, 0.3) is 0 Å². The summed E-state index contributed by atoms with van der Waals surface area (Å²) in [6.45, 7) is 4.01. The first-order valence-electron chi connectivity index (χ1n) is 6.75. The number of thiocarbonyl (C=S) groups is 1. The first-order chi connectivity index (χ1) is 9.99. The molecule has 2 aromatic carbocycles. The van der Waals surface area contributed by atoms with Crippen molar-refractivity contribution in [3.05, 3.63) is 70.8 Å². The van der Waals surface area contributed by atoms with Crippen LogP contribution in [0.1, 0.15) is 40.0 Å². The standard InChI is InChI=1S/C17H18N2OS/c1-11-5-3-4-6-15(11)12(2)19-17(20)14-9-7-13(8-10-14)16(18)21/h3-10,12H,1-2H3,(H2,18,21)(H,19,20). The number of nitrogens with two attached hydrogens (primary N) is 1. The normalized spacial score (nSPS) is 11.7. The molecule has 1 atom stereocenters. The molecule has 4 heteroatoms. The van der Waals surface area contributed by atoms with Crippen molar-refractivity contribution in [2.24, 2.45) is 5.73 Å². The van der Waals surface area contributed by atoms with Crippen molar-refractivity contribution in [1.29, 1.82) is 0 Å². The summed E-state index contributed by atoms with van der Waals surface area (Å²) >= 11 is 4.90. The van der Waals surface area contributed by atoms with Gasteiger partial charge in [-0.2, -0.15) is 0 Å². The minimum absolute atomic E-state index is 0.0473. The van der Waals surface area contributed by atoms with E-state index in [4.69, 9.17) is 18.0 Å². The van der Waals surface area contributed by atoms with Gasteiger partial charge in [0.05, 0.1) is 6.04 Å². The van der Waals surface area contributed by atoms with Crippen molar-refractivity contribution < 1.29 is 4.79 Å². The summed E-state index contributed by atoms with van der Waals surface area (Å²) in [6, 6.07) is 15.0. The molecule has 0 fully saturated rings. The number of amides is 1.